The number of carbonyl (C=O) groups excluding carboxylic acids is 1. The van der Waals surface area contributed by atoms with Crippen LogP contribution in [0.2, 0.25) is 0 Å². The quantitative estimate of drug-likeness (QED) is 0.537. The molecule has 0 aromatic carbocycles. The summed E-state index contributed by atoms with van der Waals surface area (Å²) in [6.45, 7) is 1.04. The number of nitrogens with zero attached hydrogens (tertiary/aromatic N) is 2. The molecule has 0 aromatic rings. The van der Waals surface area contributed by atoms with E-state index in [1.54, 1.807) is 0 Å². The topological polar surface area (TPSA) is 121 Å². The van der Waals surface area contributed by atoms with Crippen molar-refractivity contribution in [2.45, 2.75) is 43.4 Å². The van der Waals surface area contributed by atoms with E-state index in [1.807, 2.05) is 0 Å². The van der Waals surface area contributed by atoms with Gasteiger partial charge in [-0.3, -0.25) is 0 Å². The Bertz CT molecular complexity index is 439. The van der Waals surface area contributed by atoms with Crippen molar-refractivity contribution in [2.75, 3.05) is 26.3 Å². The predicted molar refractivity (Wildman–Crippen MR) is 68.4 cm³/mol. The molecule has 0 spiro atoms. The summed E-state index contributed by atoms with van der Waals surface area (Å²) in [6, 6.07) is 0. The van der Waals surface area contributed by atoms with Crippen LogP contribution in [-0.4, -0.2) is 78.0 Å². The maximum absolute atomic E-state index is 12.1. The van der Waals surface area contributed by atoms with Crippen molar-refractivity contribution in [3.63, 3.8) is 0 Å². The van der Waals surface area contributed by atoms with Gasteiger partial charge >= 0.3 is 6.09 Å². The van der Waals surface area contributed by atoms with E-state index in [4.69, 9.17) is 14.2 Å². The average Bonchev–Trinajstić information content (AvgIpc) is 3.03. The van der Waals surface area contributed by atoms with E-state index in [9.17, 15) is 20.0 Å². The van der Waals surface area contributed by atoms with Crippen LogP contribution in [0, 0.1) is 10.1 Å². The maximum Gasteiger partial charge on any atom is 0.410 e. The van der Waals surface area contributed by atoms with Gasteiger partial charge in [-0.2, -0.15) is 0 Å². The number of amides is 1. The highest BCUT2D eigenvalue weighted by Crippen LogP contribution is 2.29. The minimum Gasteiger partial charge on any atom is -0.441 e. The molecule has 10 heteroatoms. The van der Waals surface area contributed by atoms with Gasteiger partial charge in [0.15, 0.2) is 6.10 Å². The third-order valence-corrected chi connectivity index (χ3v) is 4.17. The number of piperidine rings is 1. The second kappa shape index (κ2) is 6.23. The van der Waals surface area contributed by atoms with Crippen LogP contribution in [0.4, 0.5) is 4.79 Å². The summed E-state index contributed by atoms with van der Waals surface area (Å²) in [5.41, 5.74) is 0. The smallest absolute Gasteiger partial charge is 0.410 e. The molecule has 4 unspecified atom stereocenters. The molecule has 3 heterocycles. The number of likely N-dealkylation sites (tertiary alicyclic amines) is 1. The Kier molecular flexibility index (Phi) is 4.32. The minimum atomic E-state index is -0.808. The van der Waals surface area contributed by atoms with Gasteiger partial charge in [0.25, 0.3) is 5.09 Å². The highest BCUT2D eigenvalue weighted by molar-refractivity contribution is 5.68. The lowest BCUT2D eigenvalue weighted by molar-refractivity contribution is -0.769. The molecule has 10 nitrogen and oxygen atoms in total. The van der Waals surface area contributed by atoms with Crippen molar-refractivity contribution >= 4 is 6.09 Å². The van der Waals surface area contributed by atoms with Crippen LogP contribution in [-0.2, 0) is 19.0 Å². The first-order valence-corrected chi connectivity index (χ1v) is 7.22. The molecule has 0 saturated carbocycles. The van der Waals surface area contributed by atoms with Gasteiger partial charge in [0.2, 0.25) is 0 Å². The van der Waals surface area contributed by atoms with Gasteiger partial charge < -0.3 is 29.1 Å². The van der Waals surface area contributed by atoms with Crippen molar-refractivity contribution in [1.29, 1.82) is 0 Å². The normalized spacial score (nSPS) is 35.2. The monoisotopic (exact) mass is 318 g/mol. The van der Waals surface area contributed by atoms with Crippen molar-refractivity contribution in [2.24, 2.45) is 0 Å². The lowest BCUT2D eigenvalue weighted by Gasteiger charge is -2.31. The molecule has 0 radical (unpaired) electrons. The molecule has 22 heavy (non-hydrogen) atoms. The third-order valence-electron chi connectivity index (χ3n) is 4.17. The molecule has 0 aliphatic carbocycles. The molecule has 3 saturated heterocycles. The Morgan fingerprint density at radius 1 is 1.23 bits per heavy atom. The number of hydrogen-bond donors (Lipinski definition) is 1. The fourth-order valence-corrected chi connectivity index (χ4v) is 3.01. The zero-order valence-electron chi connectivity index (χ0n) is 11.8. The molecule has 124 valence electrons. The maximum atomic E-state index is 12.1. The summed E-state index contributed by atoms with van der Waals surface area (Å²) in [4.78, 5) is 28.4. The second-order valence-corrected chi connectivity index (χ2v) is 5.60. The van der Waals surface area contributed by atoms with E-state index >= 15 is 0 Å². The summed E-state index contributed by atoms with van der Waals surface area (Å²) < 4.78 is 16.2. The summed E-state index contributed by atoms with van der Waals surface area (Å²) in [6.07, 6.45) is -2.32. The van der Waals surface area contributed by atoms with Crippen molar-refractivity contribution < 1.29 is 34.0 Å². The van der Waals surface area contributed by atoms with E-state index in [2.05, 4.69) is 4.84 Å². The van der Waals surface area contributed by atoms with Gasteiger partial charge in [-0.1, -0.05) is 0 Å². The molecule has 0 bridgehead atoms. The predicted octanol–water partition coefficient (Wildman–Crippen LogP) is -0.677. The first kappa shape index (κ1) is 15.3. The van der Waals surface area contributed by atoms with Crippen LogP contribution in [0.5, 0.6) is 0 Å². The number of ether oxygens (including phenoxy) is 3. The Labute approximate surface area is 126 Å². The van der Waals surface area contributed by atoms with Crippen LogP contribution in [0.15, 0.2) is 0 Å². The van der Waals surface area contributed by atoms with Gasteiger partial charge in [0, 0.05) is 13.1 Å². The van der Waals surface area contributed by atoms with E-state index in [1.165, 1.54) is 4.90 Å². The van der Waals surface area contributed by atoms with Gasteiger partial charge in [0.1, 0.15) is 24.4 Å². The third kappa shape index (κ3) is 3.08. The highest BCUT2D eigenvalue weighted by Gasteiger charge is 2.49. The van der Waals surface area contributed by atoms with Crippen molar-refractivity contribution in [1.82, 2.24) is 4.90 Å². The Morgan fingerprint density at radius 3 is 2.59 bits per heavy atom. The number of rotatable bonds is 3. The van der Waals surface area contributed by atoms with Gasteiger partial charge in [0.05, 0.1) is 13.2 Å². The van der Waals surface area contributed by atoms with Crippen LogP contribution in [0.25, 0.3) is 0 Å². The van der Waals surface area contributed by atoms with Crippen molar-refractivity contribution in [3.8, 4) is 0 Å². The Hall–Kier alpha value is -1.65. The van der Waals surface area contributed by atoms with Gasteiger partial charge in [-0.25, -0.2) is 4.79 Å². The number of aliphatic hydroxyl groups excluding tert-OH is 1. The standard InChI is InChI=1S/C12H18N2O8/c15-8-5-19-11-9(6-20-10(8)11)21-12(16)13-3-1-7(2-4-13)22-14(17)18/h7-11,15H,1-6H2. The number of aliphatic hydroxyl groups is 1. The fraction of sp³-hybridized carbons (Fsp3) is 0.917. The zero-order chi connectivity index (χ0) is 15.7. The molecule has 3 rings (SSSR count). The summed E-state index contributed by atoms with van der Waals surface area (Å²) >= 11 is 0. The molecular weight excluding hydrogens is 300 g/mol. The first-order valence-electron chi connectivity index (χ1n) is 7.22. The second-order valence-electron chi connectivity index (χ2n) is 5.60. The molecule has 4 atom stereocenters. The fourth-order valence-electron chi connectivity index (χ4n) is 3.01. The molecule has 3 aliphatic heterocycles. The zero-order valence-corrected chi connectivity index (χ0v) is 11.8. The lowest BCUT2D eigenvalue weighted by atomic mass is 10.1. The molecule has 1 amide bonds. The Morgan fingerprint density at radius 2 is 1.91 bits per heavy atom. The highest BCUT2D eigenvalue weighted by atomic mass is 17.0. The van der Waals surface area contributed by atoms with Crippen LogP contribution >= 0.6 is 0 Å². The van der Waals surface area contributed by atoms with Gasteiger partial charge in [-0.05, 0) is 12.8 Å². The van der Waals surface area contributed by atoms with Crippen LogP contribution < -0.4 is 0 Å². The number of fused-ring (bicyclic) bond motifs is 1. The van der Waals surface area contributed by atoms with E-state index in [0.29, 0.717) is 25.9 Å². The first-order chi connectivity index (χ1) is 10.5. The summed E-state index contributed by atoms with van der Waals surface area (Å²) in [5, 5.41) is 19.1. The van der Waals surface area contributed by atoms with E-state index in [-0.39, 0.29) is 13.2 Å². The van der Waals surface area contributed by atoms with E-state index < -0.39 is 41.7 Å². The largest absolute Gasteiger partial charge is 0.441 e. The molecular formula is C12H18N2O8. The number of hydrogen-bond acceptors (Lipinski definition) is 8. The van der Waals surface area contributed by atoms with Crippen LogP contribution in [0.1, 0.15) is 12.8 Å². The Balaban J connectivity index is 1.46. The minimum absolute atomic E-state index is 0.174. The summed E-state index contributed by atoms with van der Waals surface area (Å²) in [5.74, 6) is 0. The molecule has 3 aliphatic rings. The van der Waals surface area contributed by atoms with E-state index in [0.717, 1.165) is 0 Å². The van der Waals surface area contributed by atoms with Crippen LogP contribution in [0.3, 0.4) is 0 Å². The molecule has 3 fully saturated rings. The lowest BCUT2D eigenvalue weighted by Crippen LogP contribution is -2.44. The summed E-state index contributed by atoms with van der Waals surface area (Å²) in [7, 11) is 0. The average molecular weight is 318 g/mol. The van der Waals surface area contributed by atoms with Crippen molar-refractivity contribution in [3.05, 3.63) is 10.1 Å². The SMILES string of the molecule is O=C(OC1COC2C(O)COC12)N1CCC(O[N+](=O)[O-])CC1. The number of carbonyl (C=O) groups is 1. The molecule has 1 N–H and O–H groups in total. The van der Waals surface area contributed by atoms with Gasteiger partial charge in [-0.15, -0.1) is 10.1 Å². The molecule has 0 aromatic heterocycles.